The number of rotatable bonds is 8. The first-order valence-corrected chi connectivity index (χ1v) is 14.2. The van der Waals surface area contributed by atoms with Crippen LogP contribution in [0.5, 0.6) is 5.88 Å². The number of carbonyl (C=O) groups excluding carboxylic acids is 2. The lowest BCUT2D eigenvalue weighted by Crippen LogP contribution is -2.61. The molecule has 2 aromatic rings. The van der Waals surface area contributed by atoms with Crippen LogP contribution in [0.15, 0.2) is 18.3 Å². The van der Waals surface area contributed by atoms with Gasteiger partial charge in [-0.05, 0) is 57.4 Å². The Balaban J connectivity index is 1.30. The molecule has 2 aromatic heterocycles. The first-order chi connectivity index (χ1) is 20.6. The summed E-state index contributed by atoms with van der Waals surface area (Å²) in [6.45, 7) is -0.965. The summed E-state index contributed by atoms with van der Waals surface area (Å²) >= 11 is 0. The van der Waals surface area contributed by atoms with Crippen LogP contribution in [0.4, 0.5) is 26.3 Å². The largest absolute Gasteiger partial charge is 0.481 e. The zero-order chi connectivity index (χ0) is 32.1. The molecule has 3 heterocycles. The van der Waals surface area contributed by atoms with Crippen molar-refractivity contribution in [1.82, 2.24) is 25.4 Å². The molecule has 1 spiro atoms. The Morgan fingerprint density at radius 1 is 1.14 bits per heavy atom. The number of methoxy groups -OCH3 is 2. The van der Waals surface area contributed by atoms with Crippen LogP contribution in [0.1, 0.15) is 61.9 Å². The number of aromatic amines is 1. The van der Waals surface area contributed by atoms with Gasteiger partial charge in [0, 0.05) is 36.2 Å². The first-order valence-electron chi connectivity index (χ1n) is 14.2. The summed E-state index contributed by atoms with van der Waals surface area (Å²) in [6, 6.07) is -0.484. The summed E-state index contributed by atoms with van der Waals surface area (Å²) in [6.07, 6.45) is -4.82. The predicted octanol–water partition coefficient (Wildman–Crippen LogP) is 4.01. The molecule has 3 fully saturated rings. The molecule has 0 unspecified atom stereocenters. The van der Waals surface area contributed by atoms with Gasteiger partial charge in [0.2, 0.25) is 11.8 Å². The molecule has 3 aliphatic rings. The summed E-state index contributed by atoms with van der Waals surface area (Å²) in [5, 5.41) is 19.5. The fourth-order valence-electron chi connectivity index (χ4n) is 6.44. The number of amides is 2. The molecule has 2 aliphatic carbocycles. The lowest BCUT2D eigenvalue weighted by Gasteiger charge is -2.46. The SMILES string of the molecule is COCC(F)(F)[C@]1(O)CC[C@H](NC(=O)[C@@H]2C[C@@H](C(F)(F)F)N(C(=O)c3cc(-c4cc(OC)ncc4F)[nH]n3)C3(CC3)C2)CC1. The monoisotopic (exact) mass is 633 g/mol. The number of likely N-dealkylation sites (tertiary alicyclic amines) is 1. The van der Waals surface area contributed by atoms with Gasteiger partial charge in [-0.25, -0.2) is 18.2 Å². The Bertz CT molecular complexity index is 1390. The highest BCUT2D eigenvalue weighted by molar-refractivity contribution is 5.95. The molecular weight excluding hydrogens is 600 g/mol. The van der Waals surface area contributed by atoms with Crippen molar-refractivity contribution in [3.05, 3.63) is 29.8 Å². The van der Waals surface area contributed by atoms with Crippen molar-refractivity contribution in [2.75, 3.05) is 20.8 Å². The molecule has 0 bridgehead atoms. The Morgan fingerprint density at radius 2 is 1.82 bits per heavy atom. The maximum atomic E-state index is 14.5. The number of aromatic nitrogens is 3. The average Bonchev–Trinajstić information content (AvgIpc) is 3.54. The second kappa shape index (κ2) is 11.5. The van der Waals surface area contributed by atoms with Crippen LogP contribution < -0.4 is 10.1 Å². The van der Waals surface area contributed by atoms with E-state index in [1.807, 2.05) is 0 Å². The van der Waals surface area contributed by atoms with Gasteiger partial charge < -0.3 is 24.8 Å². The van der Waals surface area contributed by atoms with E-state index in [-0.39, 0.29) is 67.8 Å². The number of nitrogens with zero attached hydrogens (tertiary/aromatic N) is 3. The van der Waals surface area contributed by atoms with Crippen LogP contribution in [-0.2, 0) is 9.53 Å². The normalized spacial score (nSPS) is 26.8. The maximum Gasteiger partial charge on any atom is 0.408 e. The molecule has 5 rings (SSSR count). The third-order valence-electron chi connectivity index (χ3n) is 9.04. The molecule has 2 saturated carbocycles. The Morgan fingerprint density at radius 3 is 2.41 bits per heavy atom. The molecule has 242 valence electrons. The minimum Gasteiger partial charge on any atom is -0.481 e. The molecular formula is C28H33F6N5O5. The third-order valence-corrected chi connectivity index (χ3v) is 9.04. The summed E-state index contributed by atoms with van der Waals surface area (Å²) in [5.41, 5.74) is -3.89. The van der Waals surface area contributed by atoms with E-state index in [1.165, 1.54) is 13.2 Å². The van der Waals surface area contributed by atoms with E-state index < -0.39 is 71.9 Å². The second-order valence-corrected chi connectivity index (χ2v) is 11.9. The molecule has 1 saturated heterocycles. The van der Waals surface area contributed by atoms with Crippen molar-refractivity contribution >= 4 is 11.8 Å². The van der Waals surface area contributed by atoms with Crippen molar-refractivity contribution in [3.8, 4) is 17.1 Å². The predicted molar refractivity (Wildman–Crippen MR) is 141 cm³/mol. The molecule has 16 heteroatoms. The van der Waals surface area contributed by atoms with Gasteiger partial charge in [-0.3, -0.25) is 14.7 Å². The molecule has 0 radical (unpaired) electrons. The van der Waals surface area contributed by atoms with Crippen molar-refractivity contribution in [2.24, 2.45) is 5.92 Å². The molecule has 3 N–H and O–H groups in total. The number of aliphatic hydroxyl groups is 1. The highest BCUT2D eigenvalue weighted by Gasteiger charge is 2.63. The van der Waals surface area contributed by atoms with Crippen LogP contribution in [0.2, 0.25) is 0 Å². The lowest BCUT2D eigenvalue weighted by atomic mass is 9.77. The highest BCUT2D eigenvalue weighted by Crippen LogP contribution is 2.55. The quantitative estimate of drug-likeness (QED) is 0.375. The number of pyridine rings is 1. The smallest absolute Gasteiger partial charge is 0.408 e. The van der Waals surface area contributed by atoms with Crippen LogP contribution >= 0.6 is 0 Å². The standard InChI is InChI=1S/C28H33F6N5O5/c1-43-14-27(30,31)26(42)5-3-16(4-6-26)36-23(40)15-9-21(28(32,33)34)39(25(12-15)7-8-25)24(41)20-11-19(37-38-20)17-10-22(44-2)35-13-18(17)29/h10-11,13,15-16,21,42H,3-9,12,14H2,1-2H3,(H,36,40)(H,37,38)/t15-,16-,21+,26-/m1/s1. The number of nitrogens with one attached hydrogen (secondary N) is 2. The van der Waals surface area contributed by atoms with Gasteiger partial charge in [-0.15, -0.1) is 0 Å². The molecule has 44 heavy (non-hydrogen) atoms. The number of H-pyrrole nitrogens is 1. The lowest BCUT2D eigenvalue weighted by molar-refractivity contribution is -0.218. The molecule has 10 nitrogen and oxygen atoms in total. The Kier molecular flexibility index (Phi) is 8.37. The van der Waals surface area contributed by atoms with Crippen LogP contribution in [0, 0.1) is 11.7 Å². The summed E-state index contributed by atoms with van der Waals surface area (Å²) in [7, 11) is 2.42. The number of ether oxygens (including phenoxy) is 2. The zero-order valence-corrected chi connectivity index (χ0v) is 24.0. The van der Waals surface area contributed by atoms with E-state index in [9.17, 15) is 41.0 Å². The van der Waals surface area contributed by atoms with Crippen molar-refractivity contribution in [1.29, 1.82) is 0 Å². The van der Waals surface area contributed by atoms with E-state index >= 15 is 0 Å². The maximum absolute atomic E-state index is 14.5. The number of carbonyl (C=O) groups is 2. The van der Waals surface area contributed by atoms with Gasteiger partial charge in [-0.2, -0.15) is 18.3 Å². The first kappa shape index (κ1) is 32.0. The van der Waals surface area contributed by atoms with Gasteiger partial charge >= 0.3 is 6.18 Å². The van der Waals surface area contributed by atoms with Gasteiger partial charge in [0.25, 0.3) is 11.8 Å². The number of halogens is 6. The molecule has 2 amide bonds. The van der Waals surface area contributed by atoms with Gasteiger partial charge in [-0.1, -0.05) is 0 Å². The van der Waals surface area contributed by atoms with Crippen LogP contribution in [0.3, 0.4) is 0 Å². The molecule has 1 aliphatic heterocycles. The van der Waals surface area contributed by atoms with Crippen molar-refractivity contribution in [3.63, 3.8) is 0 Å². The summed E-state index contributed by atoms with van der Waals surface area (Å²) in [5.74, 6) is -6.93. The fraction of sp³-hybridized carbons (Fsp3) is 0.643. The van der Waals surface area contributed by atoms with Gasteiger partial charge in [0.1, 0.15) is 18.2 Å². The average molecular weight is 634 g/mol. The molecule has 2 atom stereocenters. The topological polar surface area (TPSA) is 130 Å². The van der Waals surface area contributed by atoms with Gasteiger partial charge in [0.05, 0.1) is 19.0 Å². The van der Waals surface area contributed by atoms with Gasteiger partial charge in [0.15, 0.2) is 11.5 Å². The van der Waals surface area contributed by atoms with Crippen molar-refractivity contribution in [2.45, 2.75) is 86.7 Å². The second-order valence-electron chi connectivity index (χ2n) is 11.9. The number of alkyl halides is 5. The van der Waals surface area contributed by atoms with Crippen molar-refractivity contribution < 1.29 is 50.5 Å². The Hall–Kier alpha value is -3.40. The minimum atomic E-state index is -4.87. The zero-order valence-electron chi connectivity index (χ0n) is 24.0. The van der Waals surface area contributed by atoms with Crippen LogP contribution in [-0.4, -0.2) is 93.2 Å². The van der Waals surface area contributed by atoms with E-state index in [0.29, 0.717) is 0 Å². The van der Waals surface area contributed by atoms with E-state index in [2.05, 4.69) is 25.2 Å². The highest BCUT2D eigenvalue weighted by atomic mass is 19.4. The van der Waals surface area contributed by atoms with E-state index in [4.69, 9.17) is 4.74 Å². The fourth-order valence-corrected chi connectivity index (χ4v) is 6.44. The Labute approximate surface area is 248 Å². The summed E-state index contributed by atoms with van der Waals surface area (Å²) < 4.78 is 96.0. The van der Waals surface area contributed by atoms with Crippen LogP contribution in [0.25, 0.3) is 11.3 Å². The number of piperidine rings is 1. The van der Waals surface area contributed by atoms with E-state index in [0.717, 1.165) is 24.3 Å². The minimum absolute atomic E-state index is 0.0121. The molecule has 0 aromatic carbocycles. The number of hydrogen-bond acceptors (Lipinski definition) is 7. The van der Waals surface area contributed by atoms with E-state index in [1.54, 1.807) is 0 Å². The summed E-state index contributed by atoms with van der Waals surface area (Å²) in [4.78, 5) is 31.3. The number of hydrogen-bond donors (Lipinski definition) is 3. The third kappa shape index (κ3) is 5.97.